The fourth-order valence-corrected chi connectivity index (χ4v) is 6.93. The number of benzene rings is 1. The van der Waals surface area contributed by atoms with Crippen LogP contribution in [0, 0.1) is 23.7 Å². The number of anilines is 1. The Morgan fingerprint density at radius 3 is 2.59 bits per heavy atom. The van der Waals surface area contributed by atoms with E-state index in [0.717, 1.165) is 80.4 Å². The van der Waals surface area contributed by atoms with Crippen LogP contribution in [0.25, 0.3) is 10.9 Å². The van der Waals surface area contributed by atoms with Gasteiger partial charge in [-0.15, -0.1) is 0 Å². The monoisotopic (exact) mass is 497 g/mol. The maximum atomic E-state index is 12.5. The van der Waals surface area contributed by atoms with Crippen LogP contribution in [0.1, 0.15) is 61.0 Å². The van der Waals surface area contributed by atoms with E-state index in [1.807, 2.05) is 31.1 Å². The summed E-state index contributed by atoms with van der Waals surface area (Å²) >= 11 is 0. The number of aryl methyl sites for hydroxylation is 1. The quantitative estimate of drug-likeness (QED) is 0.556. The van der Waals surface area contributed by atoms with E-state index in [4.69, 9.17) is 5.10 Å². The predicted molar refractivity (Wildman–Crippen MR) is 143 cm³/mol. The third-order valence-corrected chi connectivity index (χ3v) is 9.02. The van der Waals surface area contributed by atoms with Crippen LogP contribution >= 0.6 is 0 Å². The molecule has 37 heavy (non-hydrogen) atoms. The van der Waals surface area contributed by atoms with Gasteiger partial charge in [0.05, 0.1) is 35.6 Å². The van der Waals surface area contributed by atoms with Crippen molar-refractivity contribution in [1.29, 1.82) is 5.26 Å². The molecule has 0 unspecified atom stereocenters. The summed E-state index contributed by atoms with van der Waals surface area (Å²) in [6.45, 7) is 5.17. The van der Waals surface area contributed by atoms with Crippen molar-refractivity contribution < 1.29 is 4.79 Å². The first kappa shape index (κ1) is 23.9. The van der Waals surface area contributed by atoms with Gasteiger partial charge >= 0.3 is 0 Å². The van der Waals surface area contributed by atoms with Crippen LogP contribution in [0.5, 0.6) is 0 Å². The van der Waals surface area contributed by atoms with Crippen LogP contribution < -0.4 is 10.2 Å². The second-order valence-corrected chi connectivity index (χ2v) is 11.7. The van der Waals surface area contributed by atoms with Crippen molar-refractivity contribution in [1.82, 2.24) is 25.0 Å². The first-order valence-corrected chi connectivity index (χ1v) is 13.3. The van der Waals surface area contributed by atoms with Crippen LogP contribution in [-0.2, 0) is 24.4 Å². The van der Waals surface area contributed by atoms with Crippen molar-refractivity contribution in [3.05, 3.63) is 53.0 Å². The molecule has 0 atom stereocenters. The van der Waals surface area contributed by atoms with Crippen molar-refractivity contribution in [2.75, 3.05) is 25.5 Å². The van der Waals surface area contributed by atoms with Crippen LogP contribution in [0.3, 0.4) is 0 Å². The number of pyridine rings is 1. The van der Waals surface area contributed by atoms with E-state index < -0.39 is 0 Å². The number of nitrogens with one attached hydrogen (secondary N) is 1. The molecule has 7 rings (SSSR count). The average molecular weight is 498 g/mol. The molecule has 0 spiro atoms. The van der Waals surface area contributed by atoms with Gasteiger partial charge in [0.1, 0.15) is 6.07 Å². The van der Waals surface area contributed by atoms with E-state index in [-0.39, 0.29) is 16.9 Å². The molecule has 4 aliphatic rings. The molecule has 1 amide bonds. The number of fused-ring (bicyclic) bond motifs is 5. The Bertz CT molecular complexity index is 1390. The molecule has 3 saturated carbocycles. The molecule has 1 aliphatic heterocycles. The number of hydrogen-bond acceptors (Lipinski definition) is 6. The molecule has 8 heteroatoms. The molecule has 192 valence electrons. The maximum Gasteiger partial charge on any atom is 0.234 e. The molecule has 3 fully saturated rings. The number of amides is 1. The second-order valence-electron chi connectivity index (χ2n) is 11.7. The van der Waals surface area contributed by atoms with Gasteiger partial charge in [-0.05, 0) is 89.2 Å². The van der Waals surface area contributed by atoms with Crippen LogP contribution in [0.2, 0.25) is 0 Å². The Hall–Kier alpha value is -3.44. The summed E-state index contributed by atoms with van der Waals surface area (Å²) < 4.78 is 2.29. The number of hydrogen-bond donors (Lipinski definition) is 1. The van der Waals surface area contributed by atoms with Gasteiger partial charge in [-0.1, -0.05) is 0 Å². The molecule has 0 saturated heterocycles. The highest BCUT2D eigenvalue weighted by Gasteiger charge is 2.49. The Labute approximate surface area is 218 Å². The van der Waals surface area contributed by atoms with Crippen molar-refractivity contribution in [2.24, 2.45) is 5.41 Å². The van der Waals surface area contributed by atoms with Gasteiger partial charge in [-0.2, -0.15) is 10.4 Å². The highest BCUT2D eigenvalue weighted by molar-refractivity contribution is 5.95. The zero-order valence-electron chi connectivity index (χ0n) is 22.0. The largest absolute Gasteiger partial charge is 0.361 e. The van der Waals surface area contributed by atoms with E-state index in [9.17, 15) is 10.1 Å². The molecular weight excluding hydrogens is 462 g/mol. The summed E-state index contributed by atoms with van der Waals surface area (Å²) in [5.41, 5.74) is 6.50. The molecule has 1 N–H and O–H groups in total. The van der Waals surface area contributed by atoms with Gasteiger partial charge in [-0.3, -0.25) is 14.5 Å². The lowest BCUT2D eigenvalue weighted by Crippen LogP contribution is -2.58. The minimum Gasteiger partial charge on any atom is -0.361 e. The molecular formula is C29H35N7O. The first-order valence-electron chi connectivity index (χ1n) is 13.3. The third-order valence-electron chi connectivity index (χ3n) is 9.02. The number of likely N-dealkylation sites (N-methyl/N-ethyl adjacent to an activating group) is 1. The Kier molecular flexibility index (Phi) is 5.72. The molecule has 1 aromatic carbocycles. The number of nitrogens with zero attached hydrogens (tertiary/aromatic N) is 6. The lowest BCUT2D eigenvalue weighted by molar-refractivity contribution is -0.126. The Morgan fingerprint density at radius 2 is 1.89 bits per heavy atom. The van der Waals surface area contributed by atoms with Gasteiger partial charge in [0.25, 0.3) is 0 Å². The Morgan fingerprint density at radius 1 is 1.14 bits per heavy atom. The fourth-order valence-electron chi connectivity index (χ4n) is 6.93. The third kappa shape index (κ3) is 4.15. The lowest BCUT2D eigenvalue weighted by Gasteiger charge is -2.53. The van der Waals surface area contributed by atoms with Gasteiger partial charge in [0, 0.05) is 41.5 Å². The summed E-state index contributed by atoms with van der Waals surface area (Å²) in [5.74, 6) is 0.144. The second kappa shape index (κ2) is 8.84. The zero-order valence-corrected chi connectivity index (χ0v) is 22.0. The smallest absolute Gasteiger partial charge is 0.234 e. The van der Waals surface area contributed by atoms with Crippen LogP contribution in [0.15, 0.2) is 30.5 Å². The molecule has 3 aromatic rings. The zero-order chi connectivity index (χ0) is 25.8. The van der Waals surface area contributed by atoms with E-state index in [1.54, 1.807) is 6.20 Å². The molecule has 2 bridgehead atoms. The highest BCUT2D eigenvalue weighted by atomic mass is 16.2. The van der Waals surface area contributed by atoms with Crippen molar-refractivity contribution in [2.45, 2.75) is 70.6 Å². The van der Waals surface area contributed by atoms with E-state index in [1.165, 1.54) is 11.3 Å². The minimum atomic E-state index is -0.0156. The SMILES string of the molecule is Cc1nn(CC23CCC(NC(=O)CN(C)C)(CC2)CC3)c2c1CN(c1ccc(C#N)c3ncccc13)C2. The maximum absolute atomic E-state index is 12.5. The predicted octanol–water partition coefficient (Wildman–Crippen LogP) is 3.90. The normalized spacial score (nSPS) is 24.5. The highest BCUT2D eigenvalue weighted by Crippen LogP contribution is 2.53. The van der Waals surface area contributed by atoms with Gasteiger partial charge in [-0.25, -0.2) is 0 Å². The average Bonchev–Trinajstić information content (AvgIpc) is 3.44. The van der Waals surface area contributed by atoms with Crippen LogP contribution in [0.4, 0.5) is 5.69 Å². The van der Waals surface area contributed by atoms with E-state index >= 15 is 0 Å². The summed E-state index contributed by atoms with van der Waals surface area (Å²) in [4.78, 5) is 21.3. The first-order chi connectivity index (χ1) is 17.8. The lowest BCUT2D eigenvalue weighted by atomic mass is 9.57. The van der Waals surface area contributed by atoms with Crippen molar-refractivity contribution in [3.63, 3.8) is 0 Å². The number of aromatic nitrogens is 3. The summed E-state index contributed by atoms with van der Waals surface area (Å²) in [7, 11) is 3.88. The standard InChI is InChI=1S/C29H35N7O/c1-20-23-16-35(24-7-6-21(15-30)27-22(24)5-4-14-31-27)17-25(23)36(33-20)19-28-8-11-29(12-9-28,13-10-28)32-26(37)18-34(2)3/h4-7,14H,8-13,16-19H2,1-3H3,(H,32,37). The van der Waals surface area contributed by atoms with Crippen molar-refractivity contribution >= 4 is 22.5 Å². The summed E-state index contributed by atoms with van der Waals surface area (Å²) in [6.07, 6.45) is 8.35. The number of rotatable bonds is 6. The van der Waals surface area contributed by atoms with Crippen molar-refractivity contribution in [3.8, 4) is 6.07 Å². The number of nitriles is 1. The van der Waals surface area contributed by atoms with Crippen LogP contribution in [-0.4, -0.2) is 51.8 Å². The molecule has 3 aliphatic carbocycles. The molecule has 8 nitrogen and oxygen atoms in total. The summed E-state index contributed by atoms with van der Waals surface area (Å²) in [6, 6.07) is 10.2. The number of carbonyl (C=O) groups is 1. The molecule has 3 heterocycles. The van der Waals surface area contributed by atoms with E-state index in [0.29, 0.717) is 12.1 Å². The van der Waals surface area contributed by atoms with Gasteiger partial charge in [0.2, 0.25) is 5.91 Å². The Balaban J connectivity index is 1.20. The summed E-state index contributed by atoms with van der Waals surface area (Å²) in [5, 5.41) is 19.0. The fraction of sp³-hybridized carbons (Fsp3) is 0.517. The molecule has 0 radical (unpaired) electrons. The van der Waals surface area contributed by atoms with E-state index in [2.05, 4.69) is 45.0 Å². The van der Waals surface area contributed by atoms with Gasteiger partial charge < -0.3 is 15.1 Å². The number of carbonyl (C=O) groups excluding carboxylic acids is 1. The van der Waals surface area contributed by atoms with Gasteiger partial charge in [0.15, 0.2) is 0 Å². The topological polar surface area (TPSA) is 90.1 Å². The minimum absolute atomic E-state index is 0.0156. The molecule has 2 aromatic heterocycles.